The van der Waals surface area contributed by atoms with Gasteiger partial charge >= 0.3 is 6.18 Å². The maximum Gasteiger partial charge on any atom is 0.418 e. The molecule has 1 radical (unpaired) electrons. The van der Waals surface area contributed by atoms with Gasteiger partial charge in [-0.1, -0.05) is 15.9 Å². The average molecular weight is 206 g/mol. The molecular weight excluding hydrogens is 201 g/mol. The van der Waals surface area contributed by atoms with Crippen LogP contribution >= 0.6 is 15.9 Å². The van der Waals surface area contributed by atoms with Gasteiger partial charge in [0.15, 0.2) is 0 Å². The van der Waals surface area contributed by atoms with Crippen molar-refractivity contribution in [2.24, 2.45) is 0 Å². The fourth-order valence-corrected chi connectivity index (χ4v) is 0.560. The van der Waals surface area contributed by atoms with Crippen molar-refractivity contribution >= 4 is 15.9 Å². The van der Waals surface area contributed by atoms with E-state index >= 15 is 0 Å². The van der Waals surface area contributed by atoms with E-state index in [1.807, 2.05) is 0 Å². The quantitative estimate of drug-likeness (QED) is 0.585. The van der Waals surface area contributed by atoms with Crippen molar-refractivity contribution in [2.75, 3.05) is 0 Å². The minimum atomic E-state index is -4.62. The summed E-state index contributed by atoms with van der Waals surface area (Å²) in [4.78, 5) is -1.06. The molecule has 0 saturated heterocycles. The van der Waals surface area contributed by atoms with Gasteiger partial charge in [-0.05, 0) is 6.92 Å². The SMILES string of the molecule is CC(Br)C([O])C(F)(F)F. The smallest absolute Gasteiger partial charge is 0.222 e. The van der Waals surface area contributed by atoms with Crippen molar-refractivity contribution in [3.8, 4) is 0 Å². The van der Waals surface area contributed by atoms with E-state index < -0.39 is 17.1 Å². The molecule has 0 amide bonds. The second-order valence-electron chi connectivity index (χ2n) is 1.64. The van der Waals surface area contributed by atoms with Crippen LogP contribution in [0.3, 0.4) is 0 Å². The van der Waals surface area contributed by atoms with Crippen LogP contribution in [-0.4, -0.2) is 17.1 Å². The molecule has 0 heterocycles. The van der Waals surface area contributed by atoms with E-state index in [4.69, 9.17) is 0 Å². The van der Waals surface area contributed by atoms with Crippen LogP contribution in [0.25, 0.3) is 0 Å². The highest BCUT2D eigenvalue weighted by atomic mass is 79.9. The molecular formula is C4H5BrF3O. The lowest BCUT2D eigenvalue weighted by atomic mass is 10.3. The topological polar surface area (TPSA) is 19.9 Å². The second-order valence-corrected chi connectivity index (χ2v) is 3.08. The molecule has 2 atom stereocenters. The first-order valence-electron chi connectivity index (χ1n) is 2.22. The molecule has 9 heavy (non-hydrogen) atoms. The molecule has 55 valence electrons. The van der Waals surface area contributed by atoms with Crippen molar-refractivity contribution in [3.05, 3.63) is 0 Å². The molecule has 0 aromatic heterocycles. The van der Waals surface area contributed by atoms with Crippen molar-refractivity contribution in [1.29, 1.82) is 0 Å². The first kappa shape index (κ1) is 9.23. The summed E-state index contributed by atoms with van der Waals surface area (Å²) in [6.07, 6.45) is -7.14. The van der Waals surface area contributed by atoms with Gasteiger partial charge in [0.05, 0.1) is 4.83 Å². The molecule has 0 N–H and O–H groups in total. The molecule has 1 nitrogen and oxygen atoms in total. The molecule has 0 bridgehead atoms. The molecule has 5 heteroatoms. The van der Waals surface area contributed by atoms with E-state index in [0.717, 1.165) is 0 Å². The first-order chi connectivity index (χ1) is 3.85. The van der Waals surface area contributed by atoms with E-state index in [0.29, 0.717) is 0 Å². The van der Waals surface area contributed by atoms with Gasteiger partial charge in [-0.15, -0.1) is 0 Å². The van der Waals surface area contributed by atoms with Crippen LogP contribution in [0.4, 0.5) is 13.2 Å². The Morgan fingerprint density at radius 1 is 1.44 bits per heavy atom. The van der Waals surface area contributed by atoms with Crippen molar-refractivity contribution in [3.63, 3.8) is 0 Å². The summed E-state index contributed by atoms with van der Waals surface area (Å²) in [5, 5.41) is 10.1. The zero-order chi connectivity index (χ0) is 7.65. The van der Waals surface area contributed by atoms with E-state index in [2.05, 4.69) is 15.9 Å². The molecule has 0 aliphatic heterocycles. The molecule has 0 spiro atoms. The van der Waals surface area contributed by atoms with Crippen LogP contribution in [0.15, 0.2) is 0 Å². The normalized spacial score (nSPS) is 19.3. The van der Waals surface area contributed by atoms with Gasteiger partial charge in [0, 0.05) is 0 Å². The summed E-state index contributed by atoms with van der Waals surface area (Å²) in [5.74, 6) is 0. The standard InChI is InChI=1S/C4H5BrF3O/c1-2(5)3(9)4(6,7)8/h2-3H,1H3. The molecule has 0 aliphatic carbocycles. The van der Waals surface area contributed by atoms with Crippen LogP contribution in [-0.2, 0) is 5.11 Å². The lowest BCUT2D eigenvalue weighted by molar-refractivity contribution is -0.219. The first-order valence-corrected chi connectivity index (χ1v) is 3.14. The molecule has 0 aliphatic rings. The maximum absolute atomic E-state index is 11.4. The summed E-state index contributed by atoms with van der Waals surface area (Å²) in [7, 11) is 0. The van der Waals surface area contributed by atoms with Crippen molar-refractivity contribution in [2.45, 2.75) is 24.0 Å². The summed E-state index contributed by atoms with van der Waals surface area (Å²) >= 11 is 2.54. The number of hydrogen-bond donors (Lipinski definition) is 0. The molecule has 0 aromatic carbocycles. The summed E-state index contributed by atoms with van der Waals surface area (Å²) in [6, 6.07) is 0. The van der Waals surface area contributed by atoms with Gasteiger partial charge in [0.1, 0.15) is 0 Å². The third kappa shape index (κ3) is 3.05. The third-order valence-corrected chi connectivity index (χ3v) is 1.22. The van der Waals surface area contributed by atoms with Crippen LogP contribution in [0.2, 0.25) is 0 Å². The Bertz CT molecular complexity index is 90.3. The summed E-state index contributed by atoms with van der Waals surface area (Å²) in [5.41, 5.74) is 0. The Kier molecular flexibility index (Phi) is 2.95. The highest BCUT2D eigenvalue weighted by Gasteiger charge is 2.42. The Hall–Kier alpha value is 0.230. The van der Waals surface area contributed by atoms with Gasteiger partial charge in [0.2, 0.25) is 6.10 Å². The molecule has 0 aromatic rings. The fourth-order valence-electron chi connectivity index (χ4n) is 0.260. The maximum atomic E-state index is 11.4. The lowest BCUT2D eigenvalue weighted by Gasteiger charge is -2.13. The minimum Gasteiger partial charge on any atom is -0.222 e. The van der Waals surface area contributed by atoms with Gasteiger partial charge in [-0.3, -0.25) is 0 Å². The van der Waals surface area contributed by atoms with Crippen LogP contribution in [0.5, 0.6) is 0 Å². The van der Waals surface area contributed by atoms with Crippen LogP contribution in [0.1, 0.15) is 6.92 Å². The summed E-state index contributed by atoms with van der Waals surface area (Å²) < 4.78 is 34.1. The highest BCUT2D eigenvalue weighted by Crippen LogP contribution is 2.25. The van der Waals surface area contributed by atoms with Gasteiger partial charge in [-0.25, -0.2) is 5.11 Å². The number of hydrogen-bond acceptors (Lipinski definition) is 0. The van der Waals surface area contributed by atoms with Crippen molar-refractivity contribution < 1.29 is 18.3 Å². The predicted molar refractivity (Wildman–Crippen MR) is 28.9 cm³/mol. The Labute approximate surface area is 59.0 Å². The Morgan fingerprint density at radius 2 is 1.78 bits per heavy atom. The molecule has 2 unspecified atom stereocenters. The zero-order valence-electron chi connectivity index (χ0n) is 4.57. The second kappa shape index (κ2) is 2.88. The van der Waals surface area contributed by atoms with Gasteiger partial charge < -0.3 is 0 Å². The third-order valence-electron chi connectivity index (χ3n) is 0.740. The number of alkyl halides is 4. The number of halogens is 4. The molecule has 0 saturated carbocycles. The van der Waals surface area contributed by atoms with E-state index in [-0.39, 0.29) is 0 Å². The molecule has 0 rings (SSSR count). The van der Waals surface area contributed by atoms with Crippen LogP contribution in [0, 0.1) is 0 Å². The van der Waals surface area contributed by atoms with E-state index in [1.54, 1.807) is 0 Å². The van der Waals surface area contributed by atoms with Gasteiger partial charge in [0.25, 0.3) is 0 Å². The summed E-state index contributed by atoms with van der Waals surface area (Å²) in [6.45, 7) is 1.17. The van der Waals surface area contributed by atoms with Crippen LogP contribution < -0.4 is 0 Å². The van der Waals surface area contributed by atoms with Crippen molar-refractivity contribution in [1.82, 2.24) is 0 Å². The largest absolute Gasteiger partial charge is 0.418 e. The Balaban J connectivity index is 3.88. The zero-order valence-corrected chi connectivity index (χ0v) is 6.16. The molecule has 0 fully saturated rings. The minimum absolute atomic E-state index is 1.06. The highest BCUT2D eigenvalue weighted by molar-refractivity contribution is 9.09. The Morgan fingerprint density at radius 3 is 1.78 bits per heavy atom. The monoisotopic (exact) mass is 205 g/mol. The lowest BCUT2D eigenvalue weighted by Crippen LogP contribution is -2.33. The van der Waals surface area contributed by atoms with Gasteiger partial charge in [-0.2, -0.15) is 13.2 Å². The predicted octanol–water partition coefficient (Wildman–Crippen LogP) is 2.13. The van der Waals surface area contributed by atoms with E-state index in [9.17, 15) is 18.3 Å². The van der Waals surface area contributed by atoms with E-state index in [1.165, 1.54) is 6.92 Å². The number of rotatable bonds is 1. The average Bonchev–Trinajstić information content (AvgIpc) is 1.62. The fraction of sp³-hybridized carbons (Fsp3) is 1.00.